The lowest BCUT2D eigenvalue weighted by atomic mass is 10.2. The van der Waals surface area contributed by atoms with Gasteiger partial charge in [-0.05, 0) is 35.9 Å². The molecule has 0 spiro atoms. The molecule has 4 N–H and O–H groups in total. The van der Waals surface area contributed by atoms with E-state index in [1.165, 1.54) is 10.9 Å². The molecule has 0 fully saturated rings. The largest absolute Gasteiger partial charge is 0.493 e. The van der Waals surface area contributed by atoms with E-state index in [0.717, 1.165) is 11.3 Å². The zero-order valence-electron chi connectivity index (χ0n) is 16.3. The second kappa shape index (κ2) is 8.79. The van der Waals surface area contributed by atoms with Gasteiger partial charge >= 0.3 is 0 Å². The van der Waals surface area contributed by atoms with Gasteiger partial charge in [0.1, 0.15) is 11.4 Å². The van der Waals surface area contributed by atoms with Crippen LogP contribution < -0.4 is 25.9 Å². The van der Waals surface area contributed by atoms with E-state index in [0.29, 0.717) is 17.3 Å². The average Bonchev–Trinajstić information content (AvgIpc) is 3.01. The molecule has 0 aliphatic heterocycles. The SMILES string of the molecule is COc1ccc(/C=N/NC(=O)c2c(N)nn(C)c2Nc2ccccc2)cc1OC. The minimum absolute atomic E-state index is 0.102. The van der Waals surface area contributed by atoms with E-state index < -0.39 is 5.91 Å². The van der Waals surface area contributed by atoms with Crippen molar-refractivity contribution < 1.29 is 14.3 Å². The number of para-hydroxylation sites is 1. The Morgan fingerprint density at radius 3 is 2.55 bits per heavy atom. The minimum atomic E-state index is -0.481. The van der Waals surface area contributed by atoms with Crippen molar-refractivity contribution >= 4 is 29.4 Å². The van der Waals surface area contributed by atoms with E-state index in [1.807, 2.05) is 30.3 Å². The van der Waals surface area contributed by atoms with Crippen molar-refractivity contribution in [2.24, 2.45) is 12.1 Å². The van der Waals surface area contributed by atoms with Crippen LogP contribution in [-0.2, 0) is 7.05 Å². The van der Waals surface area contributed by atoms with Crippen molar-refractivity contribution in [2.75, 3.05) is 25.3 Å². The molecule has 3 aromatic rings. The molecule has 1 heterocycles. The lowest BCUT2D eigenvalue weighted by molar-refractivity contribution is 0.0957. The molecule has 0 radical (unpaired) electrons. The Kier molecular flexibility index (Phi) is 5.98. The van der Waals surface area contributed by atoms with Gasteiger partial charge in [-0.25, -0.2) is 10.1 Å². The molecule has 0 saturated heterocycles. The van der Waals surface area contributed by atoms with Gasteiger partial charge in [0.05, 0.1) is 20.4 Å². The number of ether oxygens (including phenoxy) is 2. The molecule has 9 nitrogen and oxygen atoms in total. The highest BCUT2D eigenvalue weighted by atomic mass is 16.5. The van der Waals surface area contributed by atoms with Crippen LogP contribution in [0.3, 0.4) is 0 Å². The molecular formula is C20H22N6O3. The number of carbonyl (C=O) groups excluding carboxylic acids is 1. The van der Waals surface area contributed by atoms with Crippen LogP contribution in [0, 0.1) is 0 Å². The first-order valence-corrected chi connectivity index (χ1v) is 8.73. The van der Waals surface area contributed by atoms with Crippen LogP contribution in [0.5, 0.6) is 11.5 Å². The smallest absolute Gasteiger partial charge is 0.278 e. The van der Waals surface area contributed by atoms with E-state index in [2.05, 4.69) is 20.9 Å². The Bertz CT molecular complexity index is 1030. The second-order valence-electron chi connectivity index (χ2n) is 6.04. The van der Waals surface area contributed by atoms with Crippen molar-refractivity contribution in [3.63, 3.8) is 0 Å². The first kappa shape index (κ1) is 19.7. The summed E-state index contributed by atoms with van der Waals surface area (Å²) < 4.78 is 12.0. The van der Waals surface area contributed by atoms with Crippen LogP contribution in [0.15, 0.2) is 53.6 Å². The highest BCUT2D eigenvalue weighted by Crippen LogP contribution is 2.27. The summed E-state index contributed by atoms with van der Waals surface area (Å²) >= 11 is 0. The van der Waals surface area contributed by atoms with E-state index in [9.17, 15) is 4.79 Å². The summed E-state index contributed by atoms with van der Waals surface area (Å²) in [5, 5.41) is 11.3. The van der Waals surface area contributed by atoms with Crippen LogP contribution in [0.25, 0.3) is 0 Å². The second-order valence-corrected chi connectivity index (χ2v) is 6.04. The van der Waals surface area contributed by atoms with Crippen LogP contribution >= 0.6 is 0 Å². The summed E-state index contributed by atoms with van der Waals surface area (Å²) in [5.74, 6) is 1.25. The topological polar surface area (TPSA) is 116 Å². The molecule has 3 rings (SSSR count). The number of nitrogen functional groups attached to an aromatic ring is 1. The standard InChI is InChI=1S/C20H22N6O3/c1-26-19(23-14-7-5-4-6-8-14)17(18(21)25-26)20(27)24-22-12-13-9-10-15(28-2)16(11-13)29-3/h4-12,23H,1-3H3,(H2,21,25)(H,24,27)/b22-12+. The lowest BCUT2D eigenvalue weighted by Crippen LogP contribution is -2.20. The molecule has 0 aliphatic carbocycles. The number of nitrogens with one attached hydrogen (secondary N) is 2. The number of nitrogens with two attached hydrogens (primary N) is 1. The zero-order valence-corrected chi connectivity index (χ0v) is 16.3. The molecular weight excluding hydrogens is 372 g/mol. The fourth-order valence-corrected chi connectivity index (χ4v) is 2.72. The third-order valence-corrected chi connectivity index (χ3v) is 4.13. The summed E-state index contributed by atoms with van der Waals surface area (Å²) in [5.41, 5.74) is 10.2. The number of rotatable bonds is 7. The molecule has 0 unspecified atom stereocenters. The zero-order chi connectivity index (χ0) is 20.8. The monoisotopic (exact) mass is 394 g/mol. The summed E-state index contributed by atoms with van der Waals surface area (Å²) in [6.45, 7) is 0. The number of carbonyl (C=O) groups is 1. The van der Waals surface area contributed by atoms with Crippen LogP contribution in [0.1, 0.15) is 15.9 Å². The highest BCUT2D eigenvalue weighted by molar-refractivity contribution is 6.04. The molecule has 1 aromatic heterocycles. The summed E-state index contributed by atoms with van der Waals surface area (Å²) in [6, 6.07) is 14.7. The number of benzene rings is 2. The van der Waals surface area contributed by atoms with Crippen LogP contribution in [0.2, 0.25) is 0 Å². The average molecular weight is 394 g/mol. The summed E-state index contributed by atoms with van der Waals surface area (Å²) in [7, 11) is 4.81. The van der Waals surface area contributed by atoms with Gasteiger partial charge in [-0.15, -0.1) is 0 Å². The Morgan fingerprint density at radius 2 is 1.86 bits per heavy atom. The highest BCUT2D eigenvalue weighted by Gasteiger charge is 2.21. The maximum absolute atomic E-state index is 12.7. The quantitative estimate of drug-likeness (QED) is 0.419. The van der Waals surface area contributed by atoms with Crippen molar-refractivity contribution in [1.29, 1.82) is 0 Å². The molecule has 0 aliphatic rings. The number of aryl methyl sites for hydroxylation is 1. The third-order valence-electron chi connectivity index (χ3n) is 4.13. The molecule has 0 atom stereocenters. The number of aromatic nitrogens is 2. The van der Waals surface area contributed by atoms with E-state index in [4.69, 9.17) is 15.2 Å². The first-order chi connectivity index (χ1) is 14.0. The number of methoxy groups -OCH3 is 2. The van der Waals surface area contributed by atoms with Gasteiger partial charge in [-0.3, -0.25) is 4.79 Å². The number of hydrazone groups is 1. The van der Waals surface area contributed by atoms with E-state index in [1.54, 1.807) is 39.5 Å². The number of nitrogens with zero attached hydrogens (tertiary/aromatic N) is 3. The van der Waals surface area contributed by atoms with Crippen molar-refractivity contribution in [2.45, 2.75) is 0 Å². The predicted molar refractivity (Wildman–Crippen MR) is 112 cm³/mol. The van der Waals surface area contributed by atoms with Gasteiger partial charge < -0.3 is 20.5 Å². The van der Waals surface area contributed by atoms with Gasteiger partial charge in [0.25, 0.3) is 5.91 Å². The normalized spacial score (nSPS) is 10.7. The molecule has 150 valence electrons. The van der Waals surface area contributed by atoms with Crippen LogP contribution in [-0.4, -0.2) is 36.1 Å². The van der Waals surface area contributed by atoms with Crippen molar-refractivity contribution in [3.05, 3.63) is 59.7 Å². The summed E-state index contributed by atoms with van der Waals surface area (Å²) in [6.07, 6.45) is 1.50. The predicted octanol–water partition coefficient (Wildman–Crippen LogP) is 2.53. The molecule has 0 bridgehead atoms. The molecule has 2 aromatic carbocycles. The third kappa shape index (κ3) is 4.46. The fraction of sp³-hybridized carbons (Fsp3) is 0.150. The Hall–Kier alpha value is -4.01. The maximum Gasteiger partial charge on any atom is 0.278 e. The molecule has 0 saturated carbocycles. The van der Waals surface area contributed by atoms with Gasteiger partial charge in [-0.1, -0.05) is 18.2 Å². The first-order valence-electron chi connectivity index (χ1n) is 8.73. The molecule has 29 heavy (non-hydrogen) atoms. The van der Waals surface area contributed by atoms with Gasteiger partial charge in [0.2, 0.25) is 0 Å². The van der Waals surface area contributed by atoms with Gasteiger partial charge in [0, 0.05) is 12.7 Å². The summed E-state index contributed by atoms with van der Waals surface area (Å²) in [4.78, 5) is 12.7. The number of hydrogen-bond donors (Lipinski definition) is 3. The minimum Gasteiger partial charge on any atom is -0.493 e. The number of hydrogen-bond acceptors (Lipinski definition) is 7. The van der Waals surface area contributed by atoms with E-state index in [-0.39, 0.29) is 11.4 Å². The van der Waals surface area contributed by atoms with E-state index >= 15 is 0 Å². The van der Waals surface area contributed by atoms with Crippen molar-refractivity contribution in [1.82, 2.24) is 15.2 Å². The van der Waals surface area contributed by atoms with Crippen LogP contribution in [0.4, 0.5) is 17.3 Å². The maximum atomic E-state index is 12.7. The van der Waals surface area contributed by atoms with Gasteiger partial charge in [-0.2, -0.15) is 10.2 Å². The fourth-order valence-electron chi connectivity index (χ4n) is 2.72. The van der Waals surface area contributed by atoms with Crippen molar-refractivity contribution in [3.8, 4) is 11.5 Å². The van der Waals surface area contributed by atoms with Gasteiger partial charge in [0.15, 0.2) is 17.3 Å². The molecule has 1 amide bonds. The Labute approximate surface area is 168 Å². The number of anilines is 3. The number of amides is 1. The lowest BCUT2D eigenvalue weighted by Gasteiger charge is -2.09. The molecule has 9 heteroatoms. The Balaban J connectivity index is 1.77. The Morgan fingerprint density at radius 1 is 1.14 bits per heavy atom.